The summed E-state index contributed by atoms with van der Waals surface area (Å²) >= 11 is 0. The molecule has 1 aliphatic heterocycles. The summed E-state index contributed by atoms with van der Waals surface area (Å²) < 4.78 is 46.9. The molecule has 0 atom stereocenters. The van der Waals surface area contributed by atoms with Gasteiger partial charge < -0.3 is 15.0 Å². The first-order valence-corrected chi connectivity index (χ1v) is 12.5. The Morgan fingerprint density at radius 2 is 1.65 bits per heavy atom. The maximum Gasteiger partial charge on any atom is 0.255 e. The molecule has 3 aromatic rings. The molecule has 1 amide bonds. The zero-order chi connectivity index (χ0) is 24.1. The van der Waals surface area contributed by atoms with Gasteiger partial charge in [-0.1, -0.05) is 18.2 Å². The average Bonchev–Trinajstić information content (AvgIpc) is 2.86. The molecule has 178 valence electrons. The van der Waals surface area contributed by atoms with Gasteiger partial charge in [0.1, 0.15) is 11.6 Å². The molecule has 4 rings (SSSR count). The van der Waals surface area contributed by atoms with E-state index in [9.17, 15) is 17.6 Å². The number of benzene rings is 3. The average molecular weight is 484 g/mol. The van der Waals surface area contributed by atoms with Crippen LogP contribution in [0, 0.1) is 5.82 Å². The molecule has 0 saturated carbocycles. The van der Waals surface area contributed by atoms with Crippen molar-refractivity contribution in [1.29, 1.82) is 0 Å². The molecular weight excluding hydrogens is 457 g/mol. The van der Waals surface area contributed by atoms with Crippen LogP contribution in [0.4, 0.5) is 15.8 Å². The molecule has 3 aromatic carbocycles. The largest absolute Gasteiger partial charge is 0.492 e. The van der Waals surface area contributed by atoms with Crippen molar-refractivity contribution >= 4 is 27.3 Å². The van der Waals surface area contributed by atoms with Crippen LogP contribution in [0.2, 0.25) is 0 Å². The van der Waals surface area contributed by atoms with Crippen LogP contribution in [-0.4, -0.2) is 51.4 Å². The van der Waals surface area contributed by atoms with E-state index in [0.717, 1.165) is 5.69 Å². The van der Waals surface area contributed by atoms with Crippen LogP contribution >= 0.6 is 0 Å². The second kappa shape index (κ2) is 10.2. The van der Waals surface area contributed by atoms with Gasteiger partial charge in [0.25, 0.3) is 5.91 Å². The molecule has 0 radical (unpaired) electrons. The Morgan fingerprint density at radius 3 is 2.29 bits per heavy atom. The van der Waals surface area contributed by atoms with Gasteiger partial charge in [-0.3, -0.25) is 4.79 Å². The minimum absolute atomic E-state index is 0.0783. The predicted octanol–water partition coefficient (Wildman–Crippen LogP) is 3.99. The summed E-state index contributed by atoms with van der Waals surface area (Å²) in [5.41, 5.74) is 1.60. The molecule has 0 bridgehead atoms. The number of nitrogens with one attached hydrogen (secondary N) is 1. The van der Waals surface area contributed by atoms with Gasteiger partial charge in [-0.15, -0.1) is 0 Å². The molecule has 34 heavy (non-hydrogen) atoms. The number of anilines is 2. The van der Waals surface area contributed by atoms with Crippen LogP contribution in [-0.2, 0) is 10.0 Å². The number of nitrogens with zero attached hydrogens (tertiary/aromatic N) is 2. The quantitative estimate of drug-likeness (QED) is 0.550. The van der Waals surface area contributed by atoms with Gasteiger partial charge in [0.05, 0.1) is 17.2 Å². The molecule has 1 saturated heterocycles. The number of hydrogen-bond donors (Lipinski definition) is 1. The Balaban J connectivity index is 1.52. The number of piperazine rings is 1. The third-order valence-electron chi connectivity index (χ3n) is 5.60. The van der Waals surface area contributed by atoms with E-state index in [1.165, 1.54) is 28.6 Å². The van der Waals surface area contributed by atoms with E-state index in [1.807, 2.05) is 17.9 Å². The second-order valence-electron chi connectivity index (χ2n) is 7.78. The lowest BCUT2D eigenvalue weighted by Gasteiger charge is -2.35. The second-order valence-corrected chi connectivity index (χ2v) is 9.72. The Labute approximate surface area is 198 Å². The SMILES string of the molecule is CCOc1ccc(S(=O)(=O)N2CCN(c3ccc(F)cc3)CC2)cc1NC(=O)c1ccccc1. The van der Waals surface area contributed by atoms with E-state index in [1.54, 1.807) is 42.5 Å². The van der Waals surface area contributed by atoms with Crippen molar-refractivity contribution in [2.45, 2.75) is 11.8 Å². The zero-order valence-corrected chi connectivity index (χ0v) is 19.6. The molecule has 9 heteroatoms. The lowest BCUT2D eigenvalue weighted by atomic mass is 10.2. The highest BCUT2D eigenvalue weighted by Crippen LogP contribution is 2.30. The highest BCUT2D eigenvalue weighted by atomic mass is 32.2. The van der Waals surface area contributed by atoms with Crippen LogP contribution in [0.1, 0.15) is 17.3 Å². The molecule has 0 aliphatic carbocycles. The Hall–Kier alpha value is -3.43. The summed E-state index contributed by atoms with van der Waals surface area (Å²) in [5.74, 6) is -0.272. The van der Waals surface area contributed by atoms with E-state index in [4.69, 9.17) is 4.74 Å². The molecule has 1 N–H and O–H groups in total. The lowest BCUT2D eigenvalue weighted by Crippen LogP contribution is -2.48. The maximum atomic E-state index is 13.4. The number of carbonyl (C=O) groups excluding carboxylic acids is 1. The van der Waals surface area contributed by atoms with Crippen molar-refractivity contribution in [3.8, 4) is 5.75 Å². The topological polar surface area (TPSA) is 79.0 Å². The molecule has 1 fully saturated rings. The van der Waals surface area contributed by atoms with Gasteiger partial charge in [-0.25, -0.2) is 12.8 Å². The fourth-order valence-corrected chi connectivity index (χ4v) is 5.27. The van der Waals surface area contributed by atoms with Crippen LogP contribution in [0.5, 0.6) is 5.75 Å². The van der Waals surface area contributed by atoms with Gasteiger partial charge in [0.15, 0.2) is 0 Å². The Bertz CT molecular complexity index is 1240. The zero-order valence-electron chi connectivity index (χ0n) is 18.8. The summed E-state index contributed by atoms with van der Waals surface area (Å²) in [6.07, 6.45) is 0. The van der Waals surface area contributed by atoms with E-state index in [0.29, 0.717) is 49.8 Å². The van der Waals surface area contributed by atoms with Gasteiger partial charge in [0, 0.05) is 37.4 Å². The lowest BCUT2D eigenvalue weighted by molar-refractivity contribution is 0.102. The molecule has 0 aromatic heterocycles. The first-order valence-electron chi connectivity index (χ1n) is 11.0. The number of sulfonamides is 1. The van der Waals surface area contributed by atoms with Gasteiger partial charge in [0.2, 0.25) is 10.0 Å². The Morgan fingerprint density at radius 1 is 0.971 bits per heavy atom. The highest BCUT2D eigenvalue weighted by molar-refractivity contribution is 7.89. The van der Waals surface area contributed by atoms with Crippen molar-refractivity contribution in [3.63, 3.8) is 0 Å². The van der Waals surface area contributed by atoms with Gasteiger partial charge in [-0.05, 0) is 61.5 Å². The molecule has 1 aliphatic rings. The Kier molecular flexibility index (Phi) is 7.14. The number of carbonyl (C=O) groups is 1. The van der Waals surface area contributed by atoms with E-state index in [-0.39, 0.29) is 16.6 Å². The van der Waals surface area contributed by atoms with Gasteiger partial charge >= 0.3 is 0 Å². The van der Waals surface area contributed by atoms with Crippen LogP contribution in [0.15, 0.2) is 77.7 Å². The van der Waals surface area contributed by atoms with Crippen molar-refractivity contribution in [1.82, 2.24) is 4.31 Å². The number of amides is 1. The van der Waals surface area contributed by atoms with Crippen molar-refractivity contribution in [2.75, 3.05) is 43.0 Å². The monoisotopic (exact) mass is 483 g/mol. The summed E-state index contributed by atoms with van der Waals surface area (Å²) in [4.78, 5) is 14.8. The fraction of sp³-hybridized carbons (Fsp3) is 0.240. The summed E-state index contributed by atoms with van der Waals surface area (Å²) in [6.45, 7) is 3.73. The van der Waals surface area contributed by atoms with Crippen LogP contribution < -0.4 is 15.0 Å². The highest BCUT2D eigenvalue weighted by Gasteiger charge is 2.29. The normalized spacial score (nSPS) is 14.6. The predicted molar refractivity (Wildman–Crippen MR) is 129 cm³/mol. The first kappa shape index (κ1) is 23.7. The van der Waals surface area contributed by atoms with Gasteiger partial charge in [-0.2, -0.15) is 4.31 Å². The number of ether oxygens (including phenoxy) is 1. The fourth-order valence-electron chi connectivity index (χ4n) is 3.82. The molecule has 0 spiro atoms. The van der Waals surface area contributed by atoms with Crippen molar-refractivity contribution < 1.29 is 22.3 Å². The van der Waals surface area contributed by atoms with E-state index in [2.05, 4.69) is 5.32 Å². The third kappa shape index (κ3) is 5.21. The summed E-state index contributed by atoms with van der Waals surface area (Å²) in [7, 11) is -3.79. The van der Waals surface area contributed by atoms with E-state index < -0.39 is 10.0 Å². The first-order chi connectivity index (χ1) is 16.4. The van der Waals surface area contributed by atoms with Crippen molar-refractivity contribution in [3.05, 3.63) is 84.2 Å². The smallest absolute Gasteiger partial charge is 0.255 e. The standard InChI is InChI=1S/C25H26FN3O4S/c1-2-33-24-13-12-22(18-23(24)27-25(30)19-6-4-3-5-7-19)34(31,32)29-16-14-28(15-17-29)21-10-8-20(26)9-11-21/h3-13,18H,2,14-17H2,1H3,(H,27,30). The minimum Gasteiger partial charge on any atom is -0.492 e. The number of halogens is 1. The molecule has 1 heterocycles. The van der Waals surface area contributed by atoms with Crippen LogP contribution in [0.3, 0.4) is 0 Å². The molecule has 0 unspecified atom stereocenters. The third-order valence-corrected chi connectivity index (χ3v) is 7.50. The van der Waals surface area contributed by atoms with Crippen molar-refractivity contribution in [2.24, 2.45) is 0 Å². The number of hydrogen-bond acceptors (Lipinski definition) is 5. The molecular formula is C25H26FN3O4S. The summed E-state index contributed by atoms with van der Waals surface area (Å²) in [5, 5.41) is 2.77. The summed E-state index contributed by atoms with van der Waals surface area (Å²) in [6, 6.07) is 19.3. The van der Waals surface area contributed by atoms with E-state index >= 15 is 0 Å². The maximum absolute atomic E-state index is 13.4. The molecule has 7 nitrogen and oxygen atoms in total. The van der Waals surface area contributed by atoms with Crippen LogP contribution in [0.25, 0.3) is 0 Å². The minimum atomic E-state index is -3.79. The number of rotatable bonds is 7.